The molecule has 0 aromatic heterocycles. The molecule has 31 heavy (non-hydrogen) atoms. The highest BCUT2D eigenvalue weighted by Gasteiger charge is 2.52. The van der Waals surface area contributed by atoms with Gasteiger partial charge in [-0.25, -0.2) is 0 Å². The summed E-state index contributed by atoms with van der Waals surface area (Å²) in [5.74, 6) is -0.0997. The lowest BCUT2D eigenvalue weighted by Crippen LogP contribution is -2.62. The summed E-state index contributed by atoms with van der Waals surface area (Å²) >= 11 is 0. The standard InChI is InChI=1S/C23H31N5O3/c1-2-11-24-20(29)16-26-12-14-27(15-13-26)17-21(30)28-19-8-4-3-7-18(19)25-22(31)23(28)9-5-6-10-23/h2-4,7-8H,1,5-6,9-17H2,(H,24,29)(H,25,31). The summed E-state index contributed by atoms with van der Waals surface area (Å²) in [6.07, 6.45) is 4.97. The molecule has 166 valence electrons. The number of anilines is 2. The molecule has 8 heteroatoms. The van der Waals surface area contributed by atoms with Crippen LogP contribution in [0.5, 0.6) is 0 Å². The molecule has 2 fully saturated rings. The summed E-state index contributed by atoms with van der Waals surface area (Å²) in [6, 6.07) is 7.56. The number of fused-ring (bicyclic) bond motifs is 1. The fourth-order valence-electron chi connectivity index (χ4n) is 4.94. The second-order valence-electron chi connectivity index (χ2n) is 8.58. The largest absolute Gasteiger partial charge is 0.352 e. The fourth-order valence-corrected chi connectivity index (χ4v) is 4.94. The minimum atomic E-state index is -0.767. The first-order valence-corrected chi connectivity index (χ1v) is 11.1. The number of benzene rings is 1. The number of nitrogens with zero attached hydrogens (tertiary/aromatic N) is 3. The molecule has 2 heterocycles. The minimum absolute atomic E-state index is 0.0106. The minimum Gasteiger partial charge on any atom is -0.352 e. The summed E-state index contributed by atoms with van der Waals surface area (Å²) in [5, 5.41) is 5.82. The molecule has 0 bridgehead atoms. The Kier molecular flexibility index (Phi) is 6.38. The predicted octanol–water partition coefficient (Wildman–Crippen LogP) is 1.20. The van der Waals surface area contributed by atoms with Crippen molar-refractivity contribution in [3.05, 3.63) is 36.9 Å². The van der Waals surface area contributed by atoms with Crippen LogP contribution in [0.15, 0.2) is 36.9 Å². The van der Waals surface area contributed by atoms with Crippen LogP contribution in [0.3, 0.4) is 0 Å². The second-order valence-corrected chi connectivity index (χ2v) is 8.58. The molecule has 0 atom stereocenters. The molecule has 1 spiro atoms. The van der Waals surface area contributed by atoms with Crippen LogP contribution in [0.2, 0.25) is 0 Å². The summed E-state index contributed by atoms with van der Waals surface area (Å²) in [4.78, 5) is 44.5. The third kappa shape index (κ3) is 4.36. The number of carbonyl (C=O) groups excluding carboxylic acids is 3. The molecule has 3 amide bonds. The van der Waals surface area contributed by atoms with Crippen LogP contribution in [-0.4, -0.2) is 78.9 Å². The zero-order valence-electron chi connectivity index (χ0n) is 17.9. The lowest BCUT2D eigenvalue weighted by atomic mass is 9.89. The van der Waals surface area contributed by atoms with Gasteiger partial charge in [0.15, 0.2) is 0 Å². The van der Waals surface area contributed by atoms with Gasteiger partial charge < -0.3 is 10.6 Å². The summed E-state index contributed by atoms with van der Waals surface area (Å²) in [6.45, 7) is 7.62. The Hall–Kier alpha value is -2.71. The molecule has 0 radical (unpaired) electrons. The molecular weight excluding hydrogens is 394 g/mol. The van der Waals surface area contributed by atoms with E-state index in [-0.39, 0.29) is 24.3 Å². The van der Waals surface area contributed by atoms with Gasteiger partial charge in [0.25, 0.3) is 5.91 Å². The first kappa shape index (κ1) is 21.5. The SMILES string of the molecule is C=CCNC(=O)CN1CCN(CC(=O)N2c3ccccc3NC(=O)C23CCCC3)CC1. The maximum absolute atomic E-state index is 13.5. The van der Waals surface area contributed by atoms with Gasteiger partial charge >= 0.3 is 0 Å². The van der Waals surface area contributed by atoms with E-state index < -0.39 is 5.54 Å². The van der Waals surface area contributed by atoms with E-state index in [0.29, 0.717) is 31.6 Å². The lowest BCUT2D eigenvalue weighted by Gasteiger charge is -2.45. The Morgan fingerprint density at radius 3 is 2.39 bits per heavy atom. The van der Waals surface area contributed by atoms with Crippen molar-refractivity contribution in [1.82, 2.24) is 15.1 Å². The molecule has 2 aliphatic heterocycles. The van der Waals surface area contributed by atoms with E-state index >= 15 is 0 Å². The lowest BCUT2D eigenvalue weighted by molar-refractivity contribution is -0.128. The Balaban J connectivity index is 1.41. The molecule has 0 unspecified atom stereocenters. The van der Waals surface area contributed by atoms with Gasteiger partial charge in [0.1, 0.15) is 5.54 Å². The topological polar surface area (TPSA) is 85.0 Å². The van der Waals surface area contributed by atoms with Crippen molar-refractivity contribution in [3.8, 4) is 0 Å². The maximum Gasteiger partial charge on any atom is 0.250 e. The highest BCUT2D eigenvalue weighted by molar-refractivity contribution is 6.15. The van der Waals surface area contributed by atoms with Crippen LogP contribution < -0.4 is 15.5 Å². The molecule has 2 N–H and O–H groups in total. The van der Waals surface area contributed by atoms with E-state index in [1.807, 2.05) is 24.3 Å². The maximum atomic E-state index is 13.5. The van der Waals surface area contributed by atoms with Gasteiger partial charge in [-0.15, -0.1) is 6.58 Å². The molecule has 1 aliphatic carbocycles. The van der Waals surface area contributed by atoms with Crippen molar-refractivity contribution in [1.29, 1.82) is 0 Å². The average Bonchev–Trinajstić information content (AvgIpc) is 3.25. The molecule has 4 rings (SSSR count). The number of piperazine rings is 1. The first-order chi connectivity index (χ1) is 15.0. The molecule has 3 aliphatic rings. The van der Waals surface area contributed by atoms with E-state index in [1.165, 1.54) is 0 Å². The third-order valence-corrected chi connectivity index (χ3v) is 6.56. The van der Waals surface area contributed by atoms with Crippen LogP contribution in [-0.2, 0) is 14.4 Å². The first-order valence-electron chi connectivity index (χ1n) is 11.1. The Bertz CT molecular complexity index is 857. The molecule has 1 aromatic rings. The van der Waals surface area contributed by atoms with E-state index in [9.17, 15) is 14.4 Å². The highest BCUT2D eigenvalue weighted by Crippen LogP contribution is 2.45. The van der Waals surface area contributed by atoms with Crippen molar-refractivity contribution in [3.63, 3.8) is 0 Å². The fraction of sp³-hybridized carbons (Fsp3) is 0.522. The predicted molar refractivity (Wildman–Crippen MR) is 120 cm³/mol. The van der Waals surface area contributed by atoms with Crippen molar-refractivity contribution >= 4 is 29.1 Å². The molecule has 1 saturated heterocycles. The number of amides is 3. The van der Waals surface area contributed by atoms with Gasteiger partial charge in [-0.3, -0.25) is 29.1 Å². The molecular formula is C23H31N5O3. The van der Waals surface area contributed by atoms with E-state index in [2.05, 4.69) is 27.0 Å². The Labute approximate surface area is 183 Å². The molecule has 8 nitrogen and oxygen atoms in total. The zero-order valence-corrected chi connectivity index (χ0v) is 17.9. The third-order valence-electron chi connectivity index (χ3n) is 6.56. The van der Waals surface area contributed by atoms with E-state index in [0.717, 1.165) is 44.7 Å². The zero-order chi connectivity index (χ0) is 21.8. The summed E-state index contributed by atoms with van der Waals surface area (Å²) in [7, 11) is 0. The van der Waals surface area contributed by atoms with Crippen LogP contribution in [0.25, 0.3) is 0 Å². The van der Waals surface area contributed by atoms with Gasteiger partial charge in [0, 0.05) is 32.7 Å². The molecule has 1 saturated carbocycles. The van der Waals surface area contributed by atoms with Crippen molar-refractivity contribution in [2.45, 2.75) is 31.2 Å². The number of carbonyl (C=O) groups is 3. The second kappa shape index (κ2) is 9.20. The van der Waals surface area contributed by atoms with Crippen LogP contribution in [0.1, 0.15) is 25.7 Å². The summed E-state index contributed by atoms with van der Waals surface area (Å²) < 4.78 is 0. The number of hydrogen-bond acceptors (Lipinski definition) is 5. The van der Waals surface area contributed by atoms with Crippen molar-refractivity contribution in [2.75, 3.05) is 56.0 Å². The average molecular weight is 426 g/mol. The quantitative estimate of drug-likeness (QED) is 0.669. The number of para-hydroxylation sites is 2. The Morgan fingerprint density at radius 1 is 1.06 bits per heavy atom. The smallest absolute Gasteiger partial charge is 0.250 e. The van der Waals surface area contributed by atoms with Gasteiger partial charge in [0.05, 0.1) is 24.5 Å². The van der Waals surface area contributed by atoms with Gasteiger partial charge in [0.2, 0.25) is 11.8 Å². The number of nitrogens with one attached hydrogen (secondary N) is 2. The van der Waals surface area contributed by atoms with Gasteiger partial charge in [-0.2, -0.15) is 0 Å². The highest BCUT2D eigenvalue weighted by atomic mass is 16.2. The number of hydrogen-bond donors (Lipinski definition) is 2. The van der Waals surface area contributed by atoms with E-state index in [4.69, 9.17) is 0 Å². The van der Waals surface area contributed by atoms with Crippen LogP contribution >= 0.6 is 0 Å². The molecule has 1 aromatic carbocycles. The monoisotopic (exact) mass is 425 g/mol. The Morgan fingerprint density at radius 2 is 1.71 bits per heavy atom. The van der Waals surface area contributed by atoms with Gasteiger partial charge in [-0.05, 0) is 25.0 Å². The van der Waals surface area contributed by atoms with E-state index in [1.54, 1.807) is 11.0 Å². The van der Waals surface area contributed by atoms with Crippen molar-refractivity contribution in [2.24, 2.45) is 0 Å². The van der Waals surface area contributed by atoms with Crippen molar-refractivity contribution < 1.29 is 14.4 Å². The van der Waals surface area contributed by atoms with Crippen LogP contribution in [0, 0.1) is 0 Å². The van der Waals surface area contributed by atoms with Crippen LogP contribution in [0.4, 0.5) is 11.4 Å². The normalized spacial score (nSPS) is 20.9. The number of rotatable bonds is 6. The summed E-state index contributed by atoms with van der Waals surface area (Å²) in [5.41, 5.74) is 0.733. The van der Waals surface area contributed by atoms with Gasteiger partial charge in [-0.1, -0.05) is 31.1 Å².